The number of benzene rings is 3. The van der Waals surface area contributed by atoms with Crippen molar-refractivity contribution < 1.29 is 14.3 Å². The summed E-state index contributed by atoms with van der Waals surface area (Å²) in [5, 5.41) is 6.82. The molecule has 0 bridgehead atoms. The molecular formula is C25H23N3O3. The molecule has 1 heterocycles. The number of carbonyl (C=O) groups is 2. The second-order valence-corrected chi connectivity index (χ2v) is 7.32. The van der Waals surface area contributed by atoms with E-state index in [1.165, 1.54) is 6.21 Å². The van der Waals surface area contributed by atoms with Crippen molar-refractivity contribution >= 4 is 18.0 Å². The molecule has 6 nitrogen and oxygen atoms in total. The largest absolute Gasteiger partial charge is 0.489 e. The van der Waals surface area contributed by atoms with Crippen molar-refractivity contribution in [2.24, 2.45) is 11.0 Å². The van der Waals surface area contributed by atoms with E-state index in [0.717, 1.165) is 16.7 Å². The third kappa shape index (κ3) is 5.17. The molecule has 6 heteroatoms. The Morgan fingerprint density at radius 3 is 2.55 bits per heavy atom. The molecule has 0 saturated carbocycles. The molecule has 2 amide bonds. The Kier molecular flexibility index (Phi) is 6.38. The molecule has 0 aromatic heterocycles. The van der Waals surface area contributed by atoms with Gasteiger partial charge in [0.2, 0.25) is 5.91 Å². The van der Waals surface area contributed by atoms with Crippen molar-refractivity contribution in [2.45, 2.75) is 12.5 Å². The minimum absolute atomic E-state index is 0.210. The first-order valence-electron chi connectivity index (χ1n) is 10.1. The summed E-state index contributed by atoms with van der Waals surface area (Å²) in [6.07, 6.45) is 1.54. The normalized spacial score (nSPS) is 18.0. The van der Waals surface area contributed by atoms with Crippen LogP contribution in [0, 0.1) is 5.92 Å². The summed E-state index contributed by atoms with van der Waals surface area (Å²) in [6.45, 7) is 0.904. The highest BCUT2D eigenvalue weighted by Gasteiger charge is 2.40. The van der Waals surface area contributed by atoms with Crippen molar-refractivity contribution in [1.29, 1.82) is 0 Å². The summed E-state index contributed by atoms with van der Waals surface area (Å²) in [6, 6.07) is 26.9. The Balaban J connectivity index is 1.36. The van der Waals surface area contributed by atoms with Gasteiger partial charge >= 0.3 is 0 Å². The molecule has 3 aromatic carbocycles. The zero-order chi connectivity index (χ0) is 21.5. The zero-order valence-electron chi connectivity index (χ0n) is 16.9. The van der Waals surface area contributed by atoms with Crippen LogP contribution < -0.4 is 15.5 Å². The maximum Gasteiger partial charge on any atom is 0.253 e. The Labute approximate surface area is 180 Å². The lowest BCUT2D eigenvalue weighted by Crippen LogP contribution is -2.34. The highest BCUT2D eigenvalue weighted by atomic mass is 16.5. The molecule has 0 aliphatic carbocycles. The van der Waals surface area contributed by atoms with Gasteiger partial charge in [0.15, 0.2) is 0 Å². The van der Waals surface area contributed by atoms with Crippen molar-refractivity contribution in [3.63, 3.8) is 0 Å². The van der Waals surface area contributed by atoms with Gasteiger partial charge in [-0.3, -0.25) is 9.59 Å². The van der Waals surface area contributed by atoms with Gasteiger partial charge < -0.3 is 10.1 Å². The van der Waals surface area contributed by atoms with Gasteiger partial charge in [-0.15, -0.1) is 0 Å². The Morgan fingerprint density at radius 1 is 1.03 bits per heavy atom. The van der Waals surface area contributed by atoms with Crippen molar-refractivity contribution in [2.75, 3.05) is 6.54 Å². The molecule has 0 spiro atoms. The summed E-state index contributed by atoms with van der Waals surface area (Å²) in [5.41, 5.74) is 5.32. The molecule has 2 N–H and O–H groups in total. The molecule has 156 valence electrons. The monoisotopic (exact) mass is 413 g/mol. The second-order valence-electron chi connectivity index (χ2n) is 7.32. The van der Waals surface area contributed by atoms with Gasteiger partial charge in [0.1, 0.15) is 18.3 Å². The second kappa shape index (κ2) is 9.71. The first-order valence-corrected chi connectivity index (χ1v) is 10.1. The first-order chi connectivity index (χ1) is 15.2. The van der Waals surface area contributed by atoms with Gasteiger partial charge in [-0.2, -0.15) is 5.10 Å². The fourth-order valence-electron chi connectivity index (χ4n) is 3.60. The fraction of sp³-hybridized carbons (Fsp3) is 0.160. The van der Waals surface area contributed by atoms with E-state index in [-0.39, 0.29) is 11.8 Å². The number of carbonyl (C=O) groups excluding carboxylic acids is 2. The van der Waals surface area contributed by atoms with E-state index >= 15 is 0 Å². The Hall–Kier alpha value is -3.93. The van der Waals surface area contributed by atoms with E-state index in [2.05, 4.69) is 15.8 Å². The number of amides is 2. The van der Waals surface area contributed by atoms with Crippen LogP contribution in [-0.2, 0) is 16.2 Å². The van der Waals surface area contributed by atoms with Crippen LogP contribution in [-0.4, -0.2) is 24.6 Å². The predicted octanol–water partition coefficient (Wildman–Crippen LogP) is 3.25. The van der Waals surface area contributed by atoms with Crippen LogP contribution in [0.1, 0.15) is 22.6 Å². The van der Waals surface area contributed by atoms with Crippen LogP contribution in [0.3, 0.4) is 0 Å². The van der Waals surface area contributed by atoms with Crippen LogP contribution in [0.25, 0.3) is 0 Å². The van der Waals surface area contributed by atoms with Crippen molar-refractivity contribution in [3.8, 4) is 5.75 Å². The van der Waals surface area contributed by atoms with Gasteiger partial charge in [-0.05, 0) is 28.8 Å². The third-order valence-corrected chi connectivity index (χ3v) is 5.19. The number of hydrogen-bond donors (Lipinski definition) is 2. The molecule has 1 fully saturated rings. The maximum absolute atomic E-state index is 12.6. The van der Waals surface area contributed by atoms with Gasteiger partial charge in [-0.1, -0.05) is 72.8 Å². The van der Waals surface area contributed by atoms with E-state index < -0.39 is 11.8 Å². The SMILES string of the molecule is O=C1NCC(c2ccccc2)C1C(=O)N/N=C\c1cccc(OCc2ccccc2)c1. The van der Waals surface area contributed by atoms with Crippen LogP contribution in [0.4, 0.5) is 0 Å². The highest BCUT2D eigenvalue weighted by molar-refractivity contribution is 6.03. The van der Waals surface area contributed by atoms with E-state index in [4.69, 9.17) is 4.74 Å². The number of nitrogens with one attached hydrogen (secondary N) is 2. The lowest BCUT2D eigenvalue weighted by Gasteiger charge is -2.15. The van der Waals surface area contributed by atoms with Gasteiger partial charge in [0, 0.05) is 12.5 Å². The number of rotatable bonds is 7. The number of nitrogens with zero attached hydrogens (tertiary/aromatic N) is 1. The minimum atomic E-state index is -0.805. The average Bonchev–Trinajstić information content (AvgIpc) is 3.21. The summed E-state index contributed by atoms with van der Waals surface area (Å²) in [5.74, 6) is -1.01. The van der Waals surface area contributed by atoms with Crippen LogP contribution in [0.5, 0.6) is 5.75 Å². The number of ether oxygens (including phenoxy) is 1. The summed E-state index contributed by atoms with van der Waals surface area (Å²) in [4.78, 5) is 24.9. The molecular weight excluding hydrogens is 390 g/mol. The summed E-state index contributed by atoms with van der Waals surface area (Å²) in [7, 11) is 0. The van der Waals surface area contributed by atoms with E-state index in [0.29, 0.717) is 18.9 Å². The van der Waals surface area contributed by atoms with Crippen molar-refractivity contribution in [3.05, 3.63) is 102 Å². The number of hydrazone groups is 1. The highest BCUT2D eigenvalue weighted by Crippen LogP contribution is 2.29. The van der Waals surface area contributed by atoms with E-state index in [9.17, 15) is 9.59 Å². The molecule has 1 aliphatic heterocycles. The van der Waals surface area contributed by atoms with Gasteiger partial charge in [0.25, 0.3) is 5.91 Å². The van der Waals surface area contributed by atoms with E-state index in [1.54, 1.807) is 0 Å². The third-order valence-electron chi connectivity index (χ3n) is 5.19. The van der Waals surface area contributed by atoms with Crippen LogP contribution in [0.2, 0.25) is 0 Å². The van der Waals surface area contributed by atoms with Crippen LogP contribution in [0.15, 0.2) is 90.0 Å². The molecule has 4 rings (SSSR count). The van der Waals surface area contributed by atoms with Gasteiger partial charge in [-0.25, -0.2) is 5.43 Å². The minimum Gasteiger partial charge on any atom is -0.489 e. The topological polar surface area (TPSA) is 79.8 Å². The molecule has 0 radical (unpaired) electrons. The molecule has 3 aromatic rings. The first kappa shape index (κ1) is 20.3. The molecule has 2 atom stereocenters. The van der Waals surface area contributed by atoms with Crippen molar-refractivity contribution in [1.82, 2.24) is 10.7 Å². The summed E-state index contributed by atoms with van der Waals surface area (Å²) >= 11 is 0. The maximum atomic E-state index is 12.6. The molecule has 1 saturated heterocycles. The smallest absolute Gasteiger partial charge is 0.253 e. The molecule has 2 unspecified atom stereocenters. The molecule has 31 heavy (non-hydrogen) atoms. The zero-order valence-corrected chi connectivity index (χ0v) is 16.9. The number of hydrogen-bond acceptors (Lipinski definition) is 4. The lowest BCUT2D eigenvalue weighted by molar-refractivity contribution is -0.133. The fourth-order valence-corrected chi connectivity index (χ4v) is 3.60. The Morgan fingerprint density at radius 2 is 1.77 bits per heavy atom. The van der Waals surface area contributed by atoms with E-state index in [1.807, 2.05) is 84.9 Å². The predicted molar refractivity (Wildman–Crippen MR) is 119 cm³/mol. The summed E-state index contributed by atoms with van der Waals surface area (Å²) < 4.78 is 5.82. The average molecular weight is 413 g/mol. The van der Waals surface area contributed by atoms with Gasteiger partial charge in [0.05, 0.1) is 6.21 Å². The van der Waals surface area contributed by atoms with Crippen LogP contribution >= 0.6 is 0 Å². The lowest BCUT2D eigenvalue weighted by atomic mass is 9.88. The standard InChI is InChI=1S/C25H23N3O3/c29-24-23(22(16-26-24)20-11-5-2-6-12-20)25(30)28-27-15-19-10-7-13-21(14-19)31-17-18-8-3-1-4-9-18/h1-15,22-23H,16-17H2,(H,26,29)(H,28,30)/b27-15-. The Bertz CT molecular complexity index is 1070. The molecule has 1 aliphatic rings. The quantitative estimate of drug-likeness (QED) is 0.355.